The Morgan fingerprint density at radius 2 is 1.50 bits per heavy atom. The van der Waals surface area contributed by atoms with Gasteiger partial charge in [0.05, 0.1) is 18.6 Å². The average molecular weight is 656 g/mol. The minimum absolute atomic E-state index is 0.00519. The molecule has 1 heterocycles. The second kappa shape index (κ2) is 20.1. The van der Waals surface area contributed by atoms with Crippen molar-refractivity contribution < 1.29 is 43.7 Å². The van der Waals surface area contributed by atoms with E-state index in [4.69, 9.17) is 4.74 Å². The fourth-order valence-corrected chi connectivity index (χ4v) is 5.25. The monoisotopic (exact) mass is 655 g/mol. The maximum absolute atomic E-state index is 13.9. The first-order chi connectivity index (χ1) is 21.6. The minimum Gasteiger partial charge on any atom is -0.460 e. The molecule has 14 heteroatoms. The van der Waals surface area contributed by atoms with Gasteiger partial charge in [-0.15, -0.1) is 0 Å². The van der Waals surface area contributed by atoms with Crippen molar-refractivity contribution in [1.82, 2.24) is 26.2 Å². The molecule has 0 radical (unpaired) electrons. The van der Waals surface area contributed by atoms with Crippen LogP contribution in [0.15, 0.2) is 0 Å². The van der Waals surface area contributed by atoms with Crippen molar-refractivity contribution >= 4 is 35.5 Å². The van der Waals surface area contributed by atoms with E-state index in [2.05, 4.69) is 28.2 Å². The molecule has 1 saturated heterocycles. The topological polar surface area (TPSA) is 203 Å². The Kier molecular flexibility index (Phi) is 17.8. The van der Waals surface area contributed by atoms with Crippen LogP contribution in [0.2, 0.25) is 0 Å². The fraction of sp³-hybridized carbons (Fsp3) is 0.812. The van der Waals surface area contributed by atoms with Gasteiger partial charge < -0.3 is 41.1 Å². The van der Waals surface area contributed by atoms with Gasteiger partial charge in [0.25, 0.3) is 0 Å². The van der Waals surface area contributed by atoms with Gasteiger partial charge in [-0.05, 0) is 38.0 Å². The average Bonchev–Trinajstić information content (AvgIpc) is 3.01. The Bertz CT molecular complexity index is 1040. The molecule has 0 bridgehead atoms. The smallest absolute Gasteiger partial charge is 0.325 e. The van der Waals surface area contributed by atoms with Crippen LogP contribution in [0.5, 0.6) is 0 Å². The third-order valence-electron chi connectivity index (χ3n) is 8.46. The summed E-state index contributed by atoms with van der Waals surface area (Å²) in [5.74, 6) is -5.66. The predicted molar refractivity (Wildman–Crippen MR) is 171 cm³/mol. The molecule has 1 aliphatic rings. The molecule has 0 saturated carbocycles. The largest absolute Gasteiger partial charge is 0.460 e. The van der Waals surface area contributed by atoms with Crippen molar-refractivity contribution in [1.29, 1.82) is 0 Å². The summed E-state index contributed by atoms with van der Waals surface area (Å²) in [6.07, 6.45) is 2.37. The number of hydrogen-bond acceptors (Lipinski definition) is 9. The first kappa shape index (κ1) is 40.8. The molecule has 264 valence electrons. The molecule has 0 unspecified atom stereocenters. The summed E-state index contributed by atoms with van der Waals surface area (Å²) in [4.78, 5) is 81.3. The maximum Gasteiger partial charge on any atom is 0.325 e. The van der Waals surface area contributed by atoms with E-state index in [1.165, 1.54) is 18.9 Å². The molecule has 1 aliphatic heterocycles. The number of nitrogens with zero attached hydrogens (tertiary/aromatic N) is 1. The number of carbonyl (C=O) groups excluding carboxylic acids is 6. The van der Waals surface area contributed by atoms with Crippen LogP contribution < -0.4 is 21.3 Å². The van der Waals surface area contributed by atoms with Crippen LogP contribution in [0.25, 0.3) is 0 Å². The van der Waals surface area contributed by atoms with Crippen LogP contribution in [-0.2, 0) is 33.5 Å². The number of rotatable bonds is 11. The van der Waals surface area contributed by atoms with Gasteiger partial charge >= 0.3 is 5.97 Å². The first-order valence-electron chi connectivity index (χ1n) is 16.5. The molecule has 0 aromatic carbocycles. The molecule has 1 rings (SSSR count). The Labute approximate surface area is 273 Å². The zero-order valence-electron chi connectivity index (χ0n) is 28.8. The van der Waals surface area contributed by atoms with E-state index in [1.54, 1.807) is 13.8 Å². The van der Waals surface area contributed by atoms with Gasteiger partial charge in [0.1, 0.15) is 36.8 Å². The van der Waals surface area contributed by atoms with Crippen LogP contribution in [0.3, 0.4) is 0 Å². The SMILES string of the molecule is CCCCCC[C@H]1OC(=O)CNC(=O)[C@@H]([C@H](C)O)NC(=O)[C@@H](CO)NC(=O)[C@H]([C@H](C)CC)NC(=O)[C@H](CC(C)C)N(C)C(=O)[C@@H]1C. The highest BCUT2D eigenvalue weighted by atomic mass is 16.5. The zero-order chi connectivity index (χ0) is 35.1. The third-order valence-corrected chi connectivity index (χ3v) is 8.46. The number of hydrogen-bond donors (Lipinski definition) is 6. The van der Waals surface area contributed by atoms with Crippen molar-refractivity contribution in [3.8, 4) is 0 Å². The molecule has 5 amide bonds. The standard InChI is InChI=1S/C32H57N5O9/c1-9-11-12-13-14-24-20(6)32(45)37(8)23(15-18(3)4)29(42)35-26(19(5)10-2)31(44)34-22(17-38)28(41)36-27(21(7)39)30(43)33-16-25(40)46-24/h18-24,26-27,38-39H,9-17H2,1-8H3,(H,33,43)(H,34,44)(H,35,42)(H,36,41)/t19-,20-,21+,22-,23+,24-,26+,27-/m1/s1. The molecule has 0 aromatic heterocycles. The van der Waals surface area contributed by atoms with Crippen molar-refractivity contribution in [2.75, 3.05) is 20.2 Å². The number of aliphatic hydroxyl groups excluding tert-OH is 2. The van der Waals surface area contributed by atoms with E-state index in [-0.39, 0.29) is 12.3 Å². The van der Waals surface area contributed by atoms with Gasteiger partial charge in [-0.3, -0.25) is 28.8 Å². The molecule has 0 aromatic rings. The molecular weight excluding hydrogens is 598 g/mol. The number of amides is 5. The molecule has 8 atom stereocenters. The van der Waals surface area contributed by atoms with Gasteiger partial charge in [0.2, 0.25) is 29.5 Å². The second-order valence-electron chi connectivity index (χ2n) is 12.8. The molecular formula is C32H57N5O9. The molecule has 6 N–H and O–H groups in total. The van der Waals surface area contributed by atoms with E-state index < -0.39 is 96.9 Å². The van der Waals surface area contributed by atoms with E-state index >= 15 is 0 Å². The number of aliphatic hydroxyl groups is 2. The Balaban J connectivity index is 3.62. The van der Waals surface area contributed by atoms with Gasteiger partial charge in [0.15, 0.2) is 0 Å². The molecule has 46 heavy (non-hydrogen) atoms. The van der Waals surface area contributed by atoms with E-state index in [1.807, 2.05) is 20.8 Å². The number of cyclic esters (lactones) is 1. The summed E-state index contributed by atoms with van der Waals surface area (Å²) < 4.78 is 5.71. The summed E-state index contributed by atoms with van der Waals surface area (Å²) in [5, 5.41) is 30.0. The number of ether oxygens (including phenoxy) is 1. The first-order valence-corrected chi connectivity index (χ1v) is 16.5. The summed E-state index contributed by atoms with van der Waals surface area (Å²) in [5.41, 5.74) is 0. The molecule has 1 fully saturated rings. The minimum atomic E-state index is -1.53. The van der Waals surface area contributed by atoms with E-state index in [0.717, 1.165) is 19.3 Å². The lowest BCUT2D eigenvalue weighted by Gasteiger charge is -2.34. The van der Waals surface area contributed by atoms with E-state index in [0.29, 0.717) is 19.3 Å². The lowest BCUT2D eigenvalue weighted by atomic mass is 9.94. The molecule has 14 nitrogen and oxygen atoms in total. The Morgan fingerprint density at radius 3 is 2.04 bits per heavy atom. The quantitative estimate of drug-likeness (QED) is 0.134. The number of nitrogens with one attached hydrogen (secondary N) is 4. The van der Waals surface area contributed by atoms with Gasteiger partial charge in [-0.2, -0.15) is 0 Å². The van der Waals surface area contributed by atoms with Crippen molar-refractivity contribution in [2.24, 2.45) is 17.8 Å². The van der Waals surface area contributed by atoms with E-state index in [9.17, 15) is 39.0 Å². The lowest BCUT2D eigenvalue weighted by Crippen LogP contribution is -2.61. The van der Waals surface area contributed by atoms with Crippen molar-refractivity contribution in [3.63, 3.8) is 0 Å². The zero-order valence-corrected chi connectivity index (χ0v) is 28.8. The summed E-state index contributed by atoms with van der Waals surface area (Å²) >= 11 is 0. The van der Waals surface area contributed by atoms with Crippen LogP contribution in [0, 0.1) is 17.8 Å². The highest BCUT2D eigenvalue weighted by Gasteiger charge is 2.38. The number of likely N-dealkylation sites (N-methyl/N-ethyl adjacent to an activating group) is 1. The number of esters is 1. The van der Waals surface area contributed by atoms with Crippen LogP contribution in [-0.4, -0.2) is 107 Å². The summed E-state index contributed by atoms with van der Waals surface area (Å²) in [6.45, 7) is 10.9. The van der Waals surface area contributed by atoms with Crippen LogP contribution in [0.4, 0.5) is 0 Å². The second-order valence-corrected chi connectivity index (χ2v) is 12.8. The maximum atomic E-state index is 13.9. The summed E-state index contributed by atoms with van der Waals surface area (Å²) in [6, 6.07) is -5.15. The van der Waals surface area contributed by atoms with Gasteiger partial charge in [0, 0.05) is 7.05 Å². The summed E-state index contributed by atoms with van der Waals surface area (Å²) in [7, 11) is 1.50. The van der Waals surface area contributed by atoms with Gasteiger partial charge in [-0.25, -0.2) is 0 Å². The fourth-order valence-electron chi connectivity index (χ4n) is 5.25. The third kappa shape index (κ3) is 12.5. The normalized spacial score (nSPS) is 27.8. The predicted octanol–water partition coefficient (Wildman–Crippen LogP) is 0.381. The van der Waals surface area contributed by atoms with Crippen molar-refractivity contribution in [3.05, 3.63) is 0 Å². The Hall–Kier alpha value is -3.26. The van der Waals surface area contributed by atoms with Crippen LogP contribution in [0.1, 0.15) is 93.4 Å². The molecule has 0 spiro atoms. The number of carbonyl (C=O) groups is 6. The Morgan fingerprint density at radius 1 is 0.870 bits per heavy atom. The van der Waals surface area contributed by atoms with Crippen LogP contribution >= 0.6 is 0 Å². The van der Waals surface area contributed by atoms with Gasteiger partial charge in [-0.1, -0.05) is 67.2 Å². The number of unbranched alkanes of at least 4 members (excludes halogenated alkanes) is 3. The molecule has 0 aliphatic carbocycles. The highest BCUT2D eigenvalue weighted by molar-refractivity contribution is 5.96. The van der Waals surface area contributed by atoms with Crippen molar-refractivity contribution in [2.45, 2.75) is 130 Å². The lowest BCUT2D eigenvalue weighted by molar-refractivity contribution is -0.157. The highest BCUT2D eigenvalue weighted by Crippen LogP contribution is 2.22.